The zero-order valence-corrected chi connectivity index (χ0v) is 10.5. The van der Waals surface area contributed by atoms with Crippen LogP contribution in [0.2, 0.25) is 0 Å². The van der Waals surface area contributed by atoms with Gasteiger partial charge in [-0.1, -0.05) is 34.3 Å². The number of ether oxygens (including phenoxy) is 1. The molecule has 15 heavy (non-hydrogen) atoms. The second-order valence-corrected chi connectivity index (χ2v) is 4.91. The van der Waals surface area contributed by atoms with Crippen molar-refractivity contribution in [2.24, 2.45) is 17.8 Å². The Morgan fingerprint density at radius 2 is 1.80 bits per heavy atom. The van der Waals surface area contributed by atoms with Crippen LogP contribution in [0.5, 0.6) is 0 Å². The maximum atomic E-state index is 10.8. The number of hydrogen-bond donors (Lipinski definition) is 0. The zero-order chi connectivity index (χ0) is 11.8. The van der Waals surface area contributed by atoms with Gasteiger partial charge in [0.05, 0.1) is 6.61 Å². The first-order chi connectivity index (χ1) is 6.95. The molecule has 0 aromatic heterocycles. The molecule has 0 bridgehead atoms. The van der Waals surface area contributed by atoms with Crippen molar-refractivity contribution in [1.82, 2.24) is 0 Å². The van der Waals surface area contributed by atoms with Gasteiger partial charge in [0, 0.05) is 6.08 Å². The molecular formula is C13H24O2. The van der Waals surface area contributed by atoms with Crippen molar-refractivity contribution in [1.29, 1.82) is 0 Å². The molecule has 2 nitrogen and oxygen atoms in total. The van der Waals surface area contributed by atoms with Crippen LogP contribution in [0.1, 0.15) is 40.5 Å². The van der Waals surface area contributed by atoms with Gasteiger partial charge in [0.2, 0.25) is 0 Å². The summed E-state index contributed by atoms with van der Waals surface area (Å²) in [6, 6.07) is 0. The van der Waals surface area contributed by atoms with Gasteiger partial charge in [0.15, 0.2) is 0 Å². The quantitative estimate of drug-likeness (QED) is 0.477. The molecule has 0 heterocycles. The molecule has 0 saturated carbocycles. The van der Waals surface area contributed by atoms with E-state index in [2.05, 4.69) is 34.3 Å². The summed E-state index contributed by atoms with van der Waals surface area (Å²) in [5.74, 6) is 1.55. The summed E-state index contributed by atoms with van der Waals surface area (Å²) in [4.78, 5) is 10.8. The highest BCUT2D eigenvalue weighted by Gasteiger charge is 2.11. The Morgan fingerprint density at radius 3 is 2.27 bits per heavy atom. The molecule has 0 radical (unpaired) electrons. The van der Waals surface area contributed by atoms with Crippen molar-refractivity contribution >= 4 is 5.97 Å². The molecule has 88 valence electrons. The minimum absolute atomic E-state index is 0.321. The van der Waals surface area contributed by atoms with Crippen LogP contribution < -0.4 is 0 Å². The normalized spacial score (nSPS) is 14.7. The number of hydrogen-bond acceptors (Lipinski definition) is 2. The number of esters is 1. The predicted molar refractivity (Wildman–Crippen MR) is 63.6 cm³/mol. The highest BCUT2D eigenvalue weighted by Crippen LogP contribution is 2.19. The Bertz CT molecular complexity index is 197. The van der Waals surface area contributed by atoms with E-state index >= 15 is 0 Å². The summed E-state index contributed by atoms with van der Waals surface area (Å²) in [6.07, 6.45) is 3.56. The fourth-order valence-electron chi connectivity index (χ4n) is 1.94. The van der Waals surface area contributed by atoms with E-state index in [4.69, 9.17) is 4.74 Å². The summed E-state index contributed by atoms with van der Waals surface area (Å²) in [6.45, 7) is 12.7. The summed E-state index contributed by atoms with van der Waals surface area (Å²) in [5, 5.41) is 0. The first-order valence-electron chi connectivity index (χ1n) is 5.74. The Morgan fingerprint density at radius 1 is 1.20 bits per heavy atom. The van der Waals surface area contributed by atoms with Crippen LogP contribution in [0.4, 0.5) is 0 Å². The lowest BCUT2D eigenvalue weighted by Gasteiger charge is -2.18. The number of rotatable bonds is 7. The molecule has 0 N–H and O–H groups in total. The summed E-state index contributed by atoms with van der Waals surface area (Å²) in [5.41, 5.74) is 0. The van der Waals surface area contributed by atoms with Crippen LogP contribution in [0.15, 0.2) is 12.7 Å². The van der Waals surface area contributed by atoms with Crippen LogP contribution in [0.25, 0.3) is 0 Å². The van der Waals surface area contributed by atoms with Gasteiger partial charge >= 0.3 is 5.97 Å². The average Bonchev–Trinajstić information content (AvgIpc) is 2.12. The second-order valence-electron chi connectivity index (χ2n) is 4.91. The highest BCUT2D eigenvalue weighted by atomic mass is 16.5. The third-order valence-electron chi connectivity index (χ3n) is 2.36. The first kappa shape index (κ1) is 14.2. The summed E-state index contributed by atoms with van der Waals surface area (Å²) in [7, 11) is 0. The largest absolute Gasteiger partial charge is 0.462 e. The zero-order valence-electron chi connectivity index (χ0n) is 10.5. The smallest absolute Gasteiger partial charge is 0.330 e. The Labute approximate surface area is 93.7 Å². The molecule has 0 aliphatic heterocycles. The van der Waals surface area contributed by atoms with Crippen LogP contribution in [0, 0.1) is 17.8 Å². The Hall–Kier alpha value is -0.790. The van der Waals surface area contributed by atoms with Crippen molar-refractivity contribution in [3.63, 3.8) is 0 Å². The second kappa shape index (κ2) is 7.49. The maximum Gasteiger partial charge on any atom is 0.330 e. The molecule has 2 unspecified atom stereocenters. The van der Waals surface area contributed by atoms with Gasteiger partial charge in [-0.15, -0.1) is 0 Å². The summed E-state index contributed by atoms with van der Waals surface area (Å²) < 4.78 is 5.00. The van der Waals surface area contributed by atoms with Gasteiger partial charge in [-0.05, 0) is 30.6 Å². The SMILES string of the molecule is C=CC(=O)OCC(C)CC(C)CC(C)C. The van der Waals surface area contributed by atoms with Gasteiger partial charge < -0.3 is 4.74 Å². The highest BCUT2D eigenvalue weighted by molar-refractivity contribution is 5.81. The van der Waals surface area contributed by atoms with E-state index in [1.807, 2.05) is 0 Å². The van der Waals surface area contributed by atoms with Gasteiger partial charge in [0.1, 0.15) is 0 Å². The molecular weight excluding hydrogens is 188 g/mol. The minimum atomic E-state index is -0.321. The molecule has 0 aromatic rings. The van der Waals surface area contributed by atoms with E-state index in [1.165, 1.54) is 12.5 Å². The fraction of sp³-hybridized carbons (Fsp3) is 0.769. The van der Waals surface area contributed by atoms with E-state index in [1.54, 1.807) is 0 Å². The monoisotopic (exact) mass is 212 g/mol. The van der Waals surface area contributed by atoms with Gasteiger partial charge in [-0.25, -0.2) is 4.79 Å². The third-order valence-corrected chi connectivity index (χ3v) is 2.36. The molecule has 2 heteroatoms. The van der Waals surface area contributed by atoms with E-state index in [-0.39, 0.29) is 5.97 Å². The average molecular weight is 212 g/mol. The maximum absolute atomic E-state index is 10.8. The number of carbonyl (C=O) groups excluding carboxylic acids is 1. The first-order valence-corrected chi connectivity index (χ1v) is 5.74. The van der Waals surface area contributed by atoms with Gasteiger partial charge in [-0.2, -0.15) is 0 Å². The molecule has 2 atom stereocenters. The third kappa shape index (κ3) is 8.22. The molecule has 0 aromatic carbocycles. The van der Waals surface area contributed by atoms with E-state index < -0.39 is 0 Å². The lowest BCUT2D eigenvalue weighted by molar-refractivity contribution is -0.139. The molecule has 0 saturated heterocycles. The lowest BCUT2D eigenvalue weighted by atomic mass is 9.91. The standard InChI is InChI=1S/C13H24O2/c1-6-13(14)15-9-12(5)8-11(4)7-10(2)3/h6,10-12H,1,7-9H2,2-5H3. The van der Waals surface area contributed by atoms with Crippen LogP contribution in [-0.4, -0.2) is 12.6 Å². The van der Waals surface area contributed by atoms with Crippen molar-refractivity contribution in [2.45, 2.75) is 40.5 Å². The van der Waals surface area contributed by atoms with Crippen LogP contribution >= 0.6 is 0 Å². The van der Waals surface area contributed by atoms with Crippen molar-refractivity contribution in [2.75, 3.05) is 6.61 Å². The molecule has 0 rings (SSSR count). The Kier molecular flexibility index (Phi) is 7.10. The molecule has 0 aliphatic rings. The van der Waals surface area contributed by atoms with E-state index in [0.29, 0.717) is 18.4 Å². The summed E-state index contributed by atoms with van der Waals surface area (Å²) >= 11 is 0. The van der Waals surface area contributed by atoms with E-state index in [0.717, 1.165) is 12.3 Å². The Balaban J connectivity index is 3.68. The molecule has 0 aliphatic carbocycles. The van der Waals surface area contributed by atoms with Crippen LogP contribution in [-0.2, 0) is 9.53 Å². The van der Waals surface area contributed by atoms with Crippen molar-refractivity contribution < 1.29 is 9.53 Å². The van der Waals surface area contributed by atoms with Crippen molar-refractivity contribution in [3.8, 4) is 0 Å². The molecule has 0 spiro atoms. The lowest BCUT2D eigenvalue weighted by Crippen LogP contribution is -2.13. The van der Waals surface area contributed by atoms with E-state index in [9.17, 15) is 4.79 Å². The minimum Gasteiger partial charge on any atom is -0.462 e. The van der Waals surface area contributed by atoms with Gasteiger partial charge in [-0.3, -0.25) is 0 Å². The molecule has 0 fully saturated rings. The van der Waals surface area contributed by atoms with Crippen LogP contribution in [0.3, 0.4) is 0 Å². The topological polar surface area (TPSA) is 26.3 Å². The van der Waals surface area contributed by atoms with Crippen molar-refractivity contribution in [3.05, 3.63) is 12.7 Å². The predicted octanol–water partition coefficient (Wildman–Crippen LogP) is 3.42. The van der Waals surface area contributed by atoms with Gasteiger partial charge in [0.25, 0.3) is 0 Å². The molecule has 0 amide bonds. The fourth-order valence-corrected chi connectivity index (χ4v) is 1.94. The number of carbonyl (C=O) groups is 1.